The van der Waals surface area contributed by atoms with Crippen molar-refractivity contribution in [2.75, 3.05) is 11.9 Å². The van der Waals surface area contributed by atoms with E-state index in [2.05, 4.69) is 51.2 Å². The first-order valence-electron chi connectivity index (χ1n) is 6.39. The normalized spacial score (nSPS) is 11.7. The molecular formula is C15H25NO. The van der Waals surface area contributed by atoms with Gasteiger partial charge in [0.25, 0.3) is 0 Å². The van der Waals surface area contributed by atoms with Crippen LogP contribution in [-0.2, 0) is 5.41 Å². The minimum Gasteiger partial charge on any atom is -0.489 e. The predicted molar refractivity (Wildman–Crippen MR) is 75.1 cm³/mol. The van der Waals surface area contributed by atoms with E-state index in [4.69, 9.17) is 4.74 Å². The van der Waals surface area contributed by atoms with Crippen molar-refractivity contribution in [1.29, 1.82) is 0 Å². The Morgan fingerprint density at radius 2 is 1.88 bits per heavy atom. The fourth-order valence-electron chi connectivity index (χ4n) is 1.68. The molecule has 0 amide bonds. The quantitative estimate of drug-likeness (QED) is 0.844. The molecule has 0 atom stereocenters. The highest BCUT2D eigenvalue weighted by molar-refractivity contribution is 5.59. The van der Waals surface area contributed by atoms with E-state index in [9.17, 15) is 0 Å². The summed E-state index contributed by atoms with van der Waals surface area (Å²) in [6, 6.07) is 6.42. The third kappa shape index (κ3) is 3.95. The molecule has 1 rings (SSSR count). The van der Waals surface area contributed by atoms with Crippen LogP contribution in [0.15, 0.2) is 18.2 Å². The van der Waals surface area contributed by atoms with Crippen LogP contribution in [0.25, 0.3) is 0 Å². The molecule has 0 saturated heterocycles. The highest BCUT2D eigenvalue weighted by Crippen LogP contribution is 2.32. The van der Waals surface area contributed by atoms with Gasteiger partial charge in [0, 0.05) is 6.54 Å². The maximum Gasteiger partial charge on any atom is 0.142 e. The summed E-state index contributed by atoms with van der Waals surface area (Å²) >= 11 is 0. The summed E-state index contributed by atoms with van der Waals surface area (Å²) in [7, 11) is 0. The van der Waals surface area contributed by atoms with Gasteiger partial charge in [-0.05, 0) is 43.9 Å². The summed E-state index contributed by atoms with van der Waals surface area (Å²) in [5.74, 6) is 0.940. The Morgan fingerprint density at radius 3 is 2.35 bits per heavy atom. The molecule has 0 fully saturated rings. The number of nitrogens with one attached hydrogen (secondary N) is 1. The van der Waals surface area contributed by atoms with Gasteiger partial charge in [-0.1, -0.05) is 26.8 Å². The molecule has 0 aliphatic rings. The molecule has 0 heterocycles. The van der Waals surface area contributed by atoms with E-state index in [1.54, 1.807) is 0 Å². The van der Waals surface area contributed by atoms with Crippen LogP contribution in [0.5, 0.6) is 5.75 Å². The van der Waals surface area contributed by atoms with E-state index in [-0.39, 0.29) is 11.5 Å². The van der Waals surface area contributed by atoms with Crippen molar-refractivity contribution in [2.45, 2.75) is 53.1 Å². The van der Waals surface area contributed by atoms with Crippen molar-refractivity contribution >= 4 is 5.69 Å². The number of anilines is 1. The van der Waals surface area contributed by atoms with Gasteiger partial charge in [-0.3, -0.25) is 0 Å². The monoisotopic (exact) mass is 235 g/mol. The molecule has 0 spiro atoms. The Bertz CT molecular complexity index is 364. The molecule has 1 N–H and O–H groups in total. The van der Waals surface area contributed by atoms with E-state index in [1.807, 2.05) is 13.8 Å². The van der Waals surface area contributed by atoms with E-state index in [1.165, 1.54) is 5.56 Å². The second-order valence-corrected chi connectivity index (χ2v) is 5.66. The fourth-order valence-corrected chi connectivity index (χ4v) is 1.68. The van der Waals surface area contributed by atoms with Crippen molar-refractivity contribution in [2.24, 2.45) is 0 Å². The molecule has 0 aliphatic heterocycles. The first kappa shape index (κ1) is 13.9. The second-order valence-electron chi connectivity index (χ2n) is 5.66. The maximum absolute atomic E-state index is 5.80. The number of benzene rings is 1. The average molecular weight is 235 g/mol. The number of hydrogen-bond acceptors (Lipinski definition) is 2. The summed E-state index contributed by atoms with van der Waals surface area (Å²) in [5.41, 5.74) is 2.58. The lowest BCUT2D eigenvalue weighted by molar-refractivity contribution is 0.243. The third-order valence-corrected chi connectivity index (χ3v) is 2.58. The second kappa shape index (κ2) is 5.44. The number of hydrogen-bond donors (Lipinski definition) is 1. The molecule has 0 aliphatic carbocycles. The Hall–Kier alpha value is -1.18. The number of ether oxygens (including phenoxy) is 1. The Balaban J connectivity index is 3.08. The maximum atomic E-state index is 5.80. The molecule has 2 nitrogen and oxygen atoms in total. The highest BCUT2D eigenvalue weighted by Gasteiger charge is 2.16. The van der Waals surface area contributed by atoms with Crippen LogP contribution in [0.3, 0.4) is 0 Å². The minimum absolute atomic E-state index is 0.167. The molecule has 0 unspecified atom stereocenters. The van der Waals surface area contributed by atoms with Gasteiger partial charge in [-0.25, -0.2) is 0 Å². The molecule has 0 radical (unpaired) electrons. The van der Waals surface area contributed by atoms with Crippen molar-refractivity contribution in [3.05, 3.63) is 23.8 Å². The smallest absolute Gasteiger partial charge is 0.142 e. The van der Waals surface area contributed by atoms with Crippen molar-refractivity contribution in [3.63, 3.8) is 0 Å². The van der Waals surface area contributed by atoms with E-state index in [0.717, 1.165) is 18.0 Å². The predicted octanol–water partition coefficient (Wildman–Crippen LogP) is 4.20. The number of rotatable bonds is 4. The summed E-state index contributed by atoms with van der Waals surface area (Å²) in [4.78, 5) is 0. The molecule has 1 aromatic carbocycles. The third-order valence-electron chi connectivity index (χ3n) is 2.58. The van der Waals surface area contributed by atoms with Crippen molar-refractivity contribution < 1.29 is 4.74 Å². The zero-order chi connectivity index (χ0) is 13.1. The summed E-state index contributed by atoms with van der Waals surface area (Å²) in [6.45, 7) is 13.8. The molecule has 2 heteroatoms. The minimum atomic E-state index is 0.167. The van der Waals surface area contributed by atoms with Crippen LogP contribution in [-0.4, -0.2) is 12.6 Å². The van der Waals surface area contributed by atoms with Crippen LogP contribution in [0.4, 0.5) is 5.69 Å². The zero-order valence-corrected chi connectivity index (χ0v) is 11.9. The average Bonchev–Trinajstić information content (AvgIpc) is 2.18. The van der Waals surface area contributed by atoms with Crippen molar-refractivity contribution in [3.8, 4) is 5.75 Å². The first-order valence-corrected chi connectivity index (χ1v) is 6.39. The Kier molecular flexibility index (Phi) is 4.44. The van der Waals surface area contributed by atoms with Crippen LogP contribution in [0, 0.1) is 0 Å². The Morgan fingerprint density at radius 1 is 1.24 bits per heavy atom. The standard InChI is InChI=1S/C15H25NO/c1-7-16-13-10-12(15(4,5)6)8-9-14(13)17-11(2)3/h8-11,16H,7H2,1-6H3. The zero-order valence-electron chi connectivity index (χ0n) is 11.9. The molecule has 0 saturated carbocycles. The van der Waals surface area contributed by atoms with Gasteiger partial charge in [-0.15, -0.1) is 0 Å². The highest BCUT2D eigenvalue weighted by atomic mass is 16.5. The van der Waals surface area contributed by atoms with Gasteiger partial charge < -0.3 is 10.1 Å². The molecule has 96 valence electrons. The topological polar surface area (TPSA) is 21.3 Å². The first-order chi connectivity index (χ1) is 7.84. The largest absolute Gasteiger partial charge is 0.489 e. The van der Waals surface area contributed by atoms with Gasteiger partial charge in [0.05, 0.1) is 11.8 Å². The molecular weight excluding hydrogens is 210 g/mol. The van der Waals surface area contributed by atoms with Crippen molar-refractivity contribution in [1.82, 2.24) is 0 Å². The lowest BCUT2D eigenvalue weighted by Crippen LogP contribution is -2.13. The van der Waals surface area contributed by atoms with Gasteiger partial charge >= 0.3 is 0 Å². The SMILES string of the molecule is CCNc1cc(C(C)(C)C)ccc1OC(C)C. The Labute approximate surface area is 105 Å². The summed E-state index contributed by atoms with van der Waals surface area (Å²) < 4.78 is 5.80. The lowest BCUT2D eigenvalue weighted by atomic mass is 9.87. The van der Waals surface area contributed by atoms with E-state index < -0.39 is 0 Å². The van der Waals surface area contributed by atoms with Gasteiger partial charge in [0.2, 0.25) is 0 Å². The molecule has 1 aromatic rings. The van der Waals surface area contributed by atoms with E-state index in [0.29, 0.717) is 0 Å². The lowest BCUT2D eigenvalue weighted by Gasteiger charge is -2.22. The molecule has 0 bridgehead atoms. The van der Waals surface area contributed by atoms with E-state index >= 15 is 0 Å². The summed E-state index contributed by atoms with van der Waals surface area (Å²) in [5, 5.41) is 3.37. The van der Waals surface area contributed by atoms with Crippen LogP contribution in [0.2, 0.25) is 0 Å². The van der Waals surface area contributed by atoms with Gasteiger partial charge in [-0.2, -0.15) is 0 Å². The molecule has 0 aromatic heterocycles. The van der Waals surface area contributed by atoms with Crippen LogP contribution >= 0.6 is 0 Å². The van der Waals surface area contributed by atoms with Crippen LogP contribution in [0.1, 0.15) is 47.1 Å². The fraction of sp³-hybridized carbons (Fsp3) is 0.600. The molecule has 17 heavy (non-hydrogen) atoms. The van der Waals surface area contributed by atoms with Gasteiger partial charge in [0.15, 0.2) is 0 Å². The van der Waals surface area contributed by atoms with Crippen LogP contribution < -0.4 is 10.1 Å². The van der Waals surface area contributed by atoms with Gasteiger partial charge in [0.1, 0.15) is 5.75 Å². The summed E-state index contributed by atoms with van der Waals surface area (Å²) in [6.07, 6.45) is 0.202.